The molecule has 0 unspecified atom stereocenters. The molecule has 1 aromatic heterocycles. The average Bonchev–Trinajstić information content (AvgIpc) is 2.89. The number of carboxylic acid groups (broad SMARTS) is 1. The molecule has 1 N–H and O–H groups in total. The molecule has 3 rings (SSSR count). The van der Waals surface area contributed by atoms with E-state index in [9.17, 15) is 18.0 Å². The van der Waals surface area contributed by atoms with E-state index in [1.807, 2.05) is 0 Å². The summed E-state index contributed by atoms with van der Waals surface area (Å²) in [6.45, 7) is 0. The van der Waals surface area contributed by atoms with Crippen LogP contribution in [0.2, 0.25) is 0 Å². The van der Waals surface area contributed by atoms with Crippen molar-refractivity contribution in [1.29, 1.82) is 0 Å². The van der Waals surface area contributed by atoms with Gasteiger partial charge in [-0.3, -0.25) is 4.79 Å². The van der Waals surface area contributed by atoms with Crippen molar-refractivity contribution in [3.05, 3.63) is 53.6 Å². The minimum atomic E-state index is -4.40. The van der Waals surface area contributed by atoms with Crippen LogP contribution >= 0.6 is 0 Å². The van der Waals surface area contributed by atoms with Crippen LogP contribution in [0.15, 0.2) is 46.9 Å². The zero-order chi connectivity index (χ0) is 16.6. The molecule has 0 aliphatic rings. The van der Waals surface area contributed by atoms with Crippen LogP contribution in [0, 0.1) is 0 Å². The van der Waals surface area contributed by atoms with Crippen molar-refractivity contribution in [1.82, 2.24) is 4.98 Å². The number of carbonyl (C=O) groups is 1. The predicted octanol–water partition coefficient (Wildman–Crippen LogP) is 4.14. The minimum Gasteiger partial charge on any atom is -0.481 e. The molecule has 0 aliphatic carbocycles. The number of nitrogens with zero attached hydrogens (tertiary/aromatic N) is 1. The first-order valence-electron chi connectivity index (χ1n) is 6.62. The molecule has 0 saturated heterocycles. The largest absolute Gasteiger partial charge is 0.481 e. The first-order chi connectivity index (χ1) is 10.8. The third-order valence-electron chi connectivity index (χ3n) is 3.27. The number of hydrogen-bond acceptors (Lipinski definition) is 3. The van der Waals surface area contributed by atoms with Gasteiger partial charge in [-0.25, -0.2) is 4.98 Å². The topological polar surface area (TPSA) is 63.3 Å². The summed E-state index contributed by atoms with van der Waals surface area (Å²) >= 11 is 0. The van der Waals surface area contributed by atoms with E-state index in [-0.39, 0.29) is 12.3 Å². The summed E-state index contributed by atoms with van der Waals surface area (Å²) in [4.78, 5) is 14.9. The standard InChI is InChI=1S/C16H10F3NO3/c17-16(18,19)11-4-2-10(3-5-11)15-20-12-7-9(8-14(21)22)1-6-13(12)23-15/h1-7H,8H2,(H,21,22). The number of aliphatic carboxylic acids is 1. The average molecular weight is 321 g/mol. The van der Waals surface area contributed by atoms with E-state index in [0.717, 1.165) is 12.1 Å². The van der Waals surface area contributed by atoms with Crippen LogP contribution in [0.25, 0.3) is 22.6 Å². The van der Waals surface area contributed by atoms with Gasteiger partial charge in [-0.2, -0.15) is 13.2 Å². The molecule has 0 fully saturated rings. The van der Waals surface area contributed by atoms with E-state index in [1.165, 1.54) is 12.1 Å². The number of aromatic nitrogens is 1. The van der Waals surface area contributed by atoms with Gasteiger partial charge in [0.25, 0.3) is 0 Å². The monoisotopic (exact) mass is 321 g/mol. The molecule has 4 nitrogen and oxygen atoms in total. The van der Waals surface area contributed by atoms with Gasteiger partial charge >= 0.3 is 12.1 Å². The number of fused-ring (bicyclic) bond motifs is 1. The number of rotatable bonds is 3. The van der Waals surface area contributed by atoms with Crippen LogP contribution in [0.3, 0.4) is 0 Å². The molecule has 0 atom stereocenters. The molecule has 3 aromatic rings. The summed E-state index contributed by atoms with van der Waals surface area (Å²) in [7, 11) is 0. The van der Waals surface area contributed by atoms with Gasteiger partial charge < -0.3 is 9.52 Å². The van der Waals surface area contributed by atoms with Crippen LogP contribution in [0.4, 0.5) is 13.2 Å². The zero-order valence-electron chi connectivity index (χ0n) is 11.6. The number of alkyl halides is 3. The molecule has 7 heteroatoms. The second kappa shape index (κ2) is 5.42. The Balaban J connectivity index is 1.95. The van der Waals surface area contributed by atoms with Gasteiger partial charge in [0.2, 0.25) is 5.89 Å². The third-order valence-corrected chi connectivity index (χ3v) is 3.27. The van der Waals surface area contributed by atoms with E-state index in [2.05, 4.69) is 4.98 Å². The third kappa shape index (κ3) is 3.18. The Hall–Kier alpha value is -2.83. The lowest BCUT2D eigenvalue weighted by molar-refractivity contribution is -0.138. The summed E-state index contributed by atoms with van der Waals surface area (Å²) in [5.41, 5.74) is 1.13. The van der Waals surface area contributed by atoms with E-state index < -0.39 is 17.7 Å². The molecule has 0 radical (unpaired) electrons. The maximum Gasteiger partial charge on any atom is 0.416 e. The fourth-order valence-corrected chi connectivity index (χ4v) is 2.18. The normalized spacial score (nSPS) is 11.8. The van der Waals surface area contributed by atoms with E-state index >= 15 is 0 Å². The summed E-state index contributed by atoms with van der Waals surface area (Å²) in [6, 6.07) is 9.27. The SMILES string of the molecule is O=C(O)Cc1ccc2oc(-c3ccc(C(F)(F)F)cc3)nc2c1. The lowest BCUT2D eigenvalue weighted by Gasteiger charge is -2.05. The Bertz CT molecular complexity index is 866. The molecule has 1 heterocycles. The molecule has 23 heavy (non-hydrogen) atoms. The highest BCUT2D eigenvalue weighted by molar-refractivity contribution is 5.79. The van der Waals surface area contributed by atoms with Gasteiger partial charge in [-0.1, -0.05) is 6.07 Å². The van der Waals surface area contributed by atoms with Crippen molar-refractivity contribution in [2.75, 3.05) is 0 Å². The number of benzene rings is 2. The van der Waals surface area contributed by atoms with Gasteiger partial charge in [0.05, 0.1) is 12.0 Å². The number of carboxylic acids is 1. The molecular weight excluding hydrogens is 311 g/mol. The second-order valence-electron chi connectivity index (χ2n) is 4.97. The second-order valence-corrected chi connectivity index (χ2v) is 4.97. The lowest BCUT2D eigenvalue weighted by Crippen LogP contribution is -2.03. The first kappa shape index (κ1) is 15.1. The molecule has 0 amide bonds. The fourth-order valence-electron chi connectivity index (χ4n) is 2.18. The molecule has 0 aliphatic heterocycles. The Morgan fingerprint density at radius 3 is 2.43 bits per heavy atom. The maximum atomic E-state index is 12.6. The van der Waals surface area contributed by atoms with Crippen LogP contribution in [0.5, 0.6) is 0 Å². The van der Waals surface area contributed by atoms with Crippen molar-refractivity contribution < 1.29 is 27.5 Å². The van der Waals surface area contributed by atoms with Gasteiger partial charge in [0.1, 0.15) is 5.52 Å². The van der Waals surface area contributed by atoms with Crippen LogP contribution < -0.4 is 0 Å². The Labute approximate surface area is 128 Å². The summed E-state index contributed by atoms with van der Waals surface area (Å²) in [5, 5.41) is 8.78. The van der Waals surface area contributed by atoms with Crippen molar-refractivity contribution in [2.24, 2.45) is 0 Å². The van der Waals surface area contributed by atoms with Gasteiger partial charge in [0.15, 0.2) is 5.58 Å². The highest BCUT2D eigenvalue weighted by atomic mass is 19.4. The molecule has 0 bridgehead atoms. The zero-order valence-corrected chi connectivity index (χ0v) is 11.6. The molecule has 2 aromatic carbocycles. The fraction of sp³-hybridized carbons (Fsp3) is 0.125. The van der Waals surface area contributed by atoms with Gasteiger partial charge in [-0.05, 0) is 42.0 Å². The van der Waals surface area contributed by atoms with E-state index in [1.54, 1.807) is 18.2 Å². The number of oxazole rings is 1. The van der Waals surface area contributed by atoms with Crippen LogP contribution in [0.1, 0.15) is 11.1 Å². The molecular formula is C16H10F3NO3. The Kier molecular flexibility index (Phi) is 3.55. The summed E-state index contributed by atoms with van der Waals surface area (Å²) in [6.07, 6.45) is -4.54. The summed E-state index contributed by atoms with van der Waals surface area (Å²) in [5.74, 6) is -0.781. The molecule has 118 valence electrons. The Morgan fingerprint density at radius 1 is 1.13 bits per heavy atom. The smallest absolute Gasteiger partial charge is 0.416 e. The quantitative estimate of drug-likeness (QED) is 0.787. The molecule has 0 spiro atoms. The maximum absolute atomic E-state index is 12.6. The van der Waals surface area contributed by atoms with Crippen molar-refractivity contribution in [2.45, 2.75) is 12.6 Å². The highest BCUT2D eigenvalue weighted by Gasteiger charge is 2.30. The van der Waals surface area contributed by atoms with Gasteiger partial charge in [0, 0.05) is 5.56 Å². The van der Waals surface area contributed by atoms with Crippen molar-refractivity contribution >= 4 is 17.1 Å². The van der Waals surface area contributed by atoms with Crippen molar-refractivity contribution in [3.63, 3.8) is 0 Å². The first-order valence-corrected chi connectivity index (χ1v) is 6.62. The number of hydrogen-bond donors (Lipinski definition) is 1. The van der Waals surface area contributed by atoms with Crippen LogP contribution in [-0.2, 0) is 17.4 Å². The minimum absolute atomic E-state index is 0.140. The molecule has 0 saturated carbocycles. The lowest BCUT2D eigenvalue weighted by atomic mass is 10.1. The highest BCUT2D eigenvalue weighted by Crippen LogP contribution is 2.31. The van der Waals surface area contributed by atoms with E-state index in [4.69, 9.17) is 9.52 Å². The van der Waals surface area contributed by atoms with Gasteiger partial charge in [-0.15, -0.1) is 0 Å². The van der Waals surface area contributed by atoms with E-state index in [0.29, 0.717) is 22.2 Å². The predicted molar refractivity (Wildman–Crippen MR) is 75.8 cm³/mol. The van der Waals surface area contributed by atoms with Crippen molar-refractivity contribution in [3.8, 4) is 11.5 Å². The number of halogens is 3. The van der Waals surface area contributed by atoms with Crippen LogP contribution in [-0.4, -0.2) is 16.1 Å². The Morgan fingerprint density at radius 2 is 1.83 bits per heavy atom. The summed E-state index contributed by atoms with van der Waals surface area (Å²) < 4.78 is 43.2.